The van der Waals surface area contributed by atoms with Crippen molar-refractivity contribution < 1.29 is 18.4 Å². The van der Waals surface area contributed by atoms with Crippen LogP contribution in [0.3, 0.4) is 0 Å². The number of rotatable bonds is 4. The summed E-state index contributed by atoms with van der Waals surface area (Å²) in [5.74, 6) is -0.698. The molecule has 0 saturated heterocycles. The Kier molecular flexibility index (Phi) is 4.20. The Morgan fingerprint density at radius 1 is 1.04 bits per heavy atom. The predicted molar refractivity (Wildman–Crippen MR) is 89.9 cm³/mol. The summed E-state index contributed by atoms with van der Waals surface area (Å²) in [5, 5.41) is 9.29. The minimum absolute atomic E-state index is 0.175. The van der Waals surface area contributed by atoms with E-state index in [4.69, 9.17) is 5.21 Å². The van der Waals surface area contributed by atoms with Crippen molar-refractivity contribution in [2.45, 2.75) is 4.90 Å². The third-order valence-corrected chi connectivity index (χ3v) is 5.22. The quantitative estimate of drug-likeness (QED) is 0.433. The first kappa shape index (κ1) is 16.0. The molecule has 7 heteroatoms. The number of carbonyl (C=O) groups excluding carboxylic acids is 1. The zero-order chi connectivity index (χ0) is 17.2. The van der Waals surface area contributed by atoms with Crippen LogP contribution in [0.15, 0.2) is 71.8 Å². The number of nitrogens with zero attached hydrogens (tertiary/aromatic N) is 1. The van der Waals surface area contributed by atoms with Gasteiger partial charge in [-0.3, -0.25) is 10.0 Å². The summed E-state index contributed by atoms with van der Waals surface area (Å²) in [7, 11) is -3.76. The zero-order valence-corrected chi connectivity index (χ0v) is 13.3. The fourth-order valence-electron chi connectivity index (χ4n) is 2.44. The second-order valence-corrected chi connectivity index (χ2v) is 6.84. The Bertz CT molecular complexity index is 1020. The Morgan fingerprint density at radius 3 is 2.50 bits per heavy atom. The van der Waals surface area contributed by atoms with Crippen LogP contribution in [0.5, 0.6) is 0 Å². The fourth-order valence-corrected chi connectivity index (χ4v) is 3.84. The molecule has 1 heterocycles. The summed E-state index contributed by atoms with van der Waals surface area (Å²) in [6, 6.07) is 15.1. The van der Waals surface area contributed by atoms with Crippen LogP contribution in [-0.4, -0.2) is 23.5 Å². The normalized spacial score (nSPS) is 11.9. The van der Waals surface area contributed by atoms with E-state index in [1.54, 1.807) is 42.5 Å². The van der Waals surface area contributed by atoms with E-state index < -0.39 is 15.9 Å². The van der Waals surface area contributed by atoms with Gasteiger partial charge in [-0.25, -0.2) is 17.9 Å². The maximum absolute atomic E-state index is 12.9. The third-order valence-electron chi connectivity index (χ3n) is 3.53. The number of benzene rings is 2. The average Bonchev–Trinajstić information content (AvgIpc) is 3.06. The molecule has 0 aliphatic heterocycles. The summed E-state index contributed by atoms with van der Waals surface area (Å²) in [5.41, 5.74) is 2.50. The summed E-state index contributed by atoms with van der Waals surface area (Å²) in [6.45, 7) is 0. The van der Waals surface area contributed by atoms with Gasteiger partial charge in [0, 0.05) is 23.2 Å². The van der Waals surface area contributed by atoms with E-state index in [1.807, 2.05) is 0 Å². The van der Waals surface area contributed by atoms with Crippen LogP contribution < -0.4 is 5.48 Å². The number of nitrogens with one attached hydrogen (secondary N) is 1. The molecule has 6 nitrogen and oxygen atoms in total. The molecule has 0 fully saturated rings. The molecule has 2 aromatic carbocycles. The Morgan fingerprint density at radius 2 is 1.79 bits per heavy atom. The first-order valence-corrected chi connectivity index (χ1v) is 8.51. The molecule has 122 valence electrons. The topological polar surface area (TPSA) is 88.4 Å². The van der Waals surface area contributed by atoms with Crippen molar-refractivity contribution in [1.29, 1.82) is 0 Å². The summed E-state index contributed by atoms with van der Waals surface area (Å²) >= 11 is 0. The third kappa shape index (κ3) is 2.82. The van der Waals surface area contributed by atoms with E-state index in [2.05, 4.69) is 0 Å². The van der Waals surface area contributed by atoms with E-state index >= 15 is 0 Å². The van der Waals surface area contributed by atoms with Crippen LogP contribution in [0.1, 0.15) is 5.56 Å². The number of amides is 1. The minimum Gasteiger partial charge on any atom is -0.288 e. The first-order chi connectivity index (χ1) is 11.5. The highest BCUT2D eigenvalue weighted by Crippen LogP contribution is 2.26. The van der Waals surface area contributed by atoms with Gasteiger partial charge >= 0.3 is 0 Å². The van der Waals surface area contributed by atoms with Gasteiger partial charge < -0.3 is 0 Å². The Balaban J connectivity index is 2.20. The van der Waals surface area contributed by atoms with Gasteiger partial charge in [-0.15, -0.1) is 0 Å². The standard InChI is InChI=1S/C17H14N2O4S/c20-16(18-21)10-9-13-5-4-6-14-11-12-19(17(13)14)24(22,23)15-7-2-1-3-8-15/h1-12,21H,(H,18,20)/b10-9+. The molecular weight excluding hydrogens is 328 g/mol. The SMILES string of the molecule is O=C(/C=C/c1cccc2ccn(S(=O)(=O)c3ccccc3)c12)NO. The van der Waals surface area contributed by atoms with Crippen molar-refractivity contribution in [3.63, 3.8) is 0 Å². The van der Waals surface area contributed by atoms with Gasteiger partial charge in [0.25, 0.3) is 15.9 Å². The molecule has 3 rings (SSSR count). The Labute approximate surface area is 138 Å². The molecule has 0 saturated carbocycles. The maximum Gasteiger partial charge on any atom is 0.268 e. The number of hydroxylamine groups is 1. The highest BCUT2D eigenvalue weighted by molar-refractivity contribution is 7.90. The summed E-state index contributed by atoms with van der Waals surface area (Å²) in [4.78, 5) is 11.4. The zero-order valence-electron chi connectivity index (χ0n) is 12.5. The molecule has 0 spiro atoms. The summed E-state index contributed by atoms with van der Waals surface area (Å²) in [6.07, 6.45) is 4.06. The molecule has 0 aliphatic rings. The number of hydrogen-bond acceptors (Lipinski definition) is 4. The number of hydrogen-bond donors (Lipinski definition) is 2. The van der Waals surface area contributed by atoms with Gasteiger partial charge in [0.15, 0.2) is 0 Å². The van der Waals surface area contributed by atoms with Crippen molar-refractivity contribution in [3.05, 3.63) is 72.4 Å². The molecule has 0 radical (unpaired) electrons. The largest absolute Gasteiger partial charge is 0.288 e. The lowest BCUT2D eigenvalue weighted by atomic mass is 10.1. The van der Waals surface area contributed by atoms with Crippen LogP contribution in [0.25, 0.3) is 17.0 Å². The van der Waals surface area contributed by atoms with Gasteiger partial charge in [0.1, 0.15) is 0 Å². The molecule has 3 aromatic rings. The molecule has 2 N–H and O–H groups in total. The lowest BCUT2D eigenvalue weighted by molar-refractivity contribution is -0.124. The second-order valence-electron chi connectivity index (χ2n) is 5.02. The average molecular weight is 342 g/mol. The molecule has 1 aromatic heterocycles. The lowest BCUT2D eigenvalue weighted by Crippen LogP contribution is -2.15. The number of carbonyl (C=O) groups is 1. The van der Waals surface area contributed by atoms with Gasteiger partial charge in [-0.05, 0) is 24.3 Å². The van der Waals surface area contributed by atoms with E-state index in [-0.39, 0.29) is 4.90 Å². The van der Waals surface area contributed by atoms with Crippen LogP contribution in [-0.2, 0) is 14.8 Å². The highest BCUT2D eigenvalue weighted by Gasteiger charge is 2.19. The smallest absolute Gasteiger partial charge is 0.268 e. The molecule has 0 atom stereocenters. The van der Waals surface area contributed by atoms with Gasteiger partial charge in [-0.1, -0.05) is 36.4 Å². The minimum atomic E-state index is -3.76. The molecule has 24 heavy (non-hydrogen) atoms. The molecule has 1 amide bonds. The van der Waals surface area contributed by atoms with E-state index in [1.165, 1.54) is 33.9 Å². The van der Waals surface area contributed by atoms with Crippen molar-refractivity contribution >= 4 is 32.9 Å². The van der Waals surface area contributed by atoms with Crippen molar-refractivity contribution in [2.24, 2.45) is 0 Å². The highest BCUT2D eigenvalue weighted by atomic mass is 32.2. The molecule has 0 bridgehead atoms. The van der Waals surface area contributed by atoms with Gasteiger partial charge in [0.2, 0.25) is 0 Å². The lowest BCUT2D eigenvalue weighted by Gasteiger charge is -2.09. The van der Waals surface area contributed by atoms with Crippen LogP contribution >= 0.6 is 0 Å². The predicted octanol–water partition coefficient (Wildman–Crippen LogP) is 2.40. The molecule has 0 aliphatic carbocycles. The molecular formula is C17H14N2O4S. The van der Waals surface area contributed by atoms with E-state index in [0.29, 0.717) is 11.1 Å². The first-order valence-electron chi connectivity index (χ1n) is 7.07. The number of aromatic nitrogens is 1. The van der Waals surface area contributed by atoms with Gasteiger partial charge in [0.05, 0.1) is 10.4 Å². The van der Waals surface area contributed by atoms with Crippen LogP contribution in [0, 0.1) is 0 Å². The second kappa shape index (κ2) is 6.31. The number of fused-ring (bicyclic) bond motifs is 1. The summed E-state index contributed by atoms with van der Waals surface area (Å²) < 4.78 is 26.9. The van der Waals surface area contributed by atoms with Crippen LogP contribution in [0.4, 0.5) is 0 Å². The fraction of sp³-hybridized carbons (Fsp3) is 0. The maximum atomic E-state index is 12.9. The van der Waals surface area contributed by atoms with E-state index in [0.717, 1.165) is 11.5 Å². The van der Waals surface area contributed by atoms with Crippen molar-refractivity contribution in [1.82, 2.24) is 9.45 Å². The molecule has 0 unspecified atom stereocenters. The Hall–Kier alpha value is -2.90. The van der Waals surface area contributed by atoms with E-state index in [9.17, 15) is 13.2 Å². The monoisotopic (exact) mass is 342 g/mol. The van der Waals surface area contributed by atoms with Crippen molar-refractivity contribution in [2.75, 3.05) is 0 Å². The van der Waals surface area contributed by atoms with Crippen molar-refractivity contribution in [3.8, 4) is 0 Å². The van der Waals surface area contributed by atoms with Crippen LogP contribution in [0.2, 0.25) is 0 Å². The van der Waals surface area contributed by atoms with Gasteiger partial charge in [-0.2, -0.15) is 0 Å². The number of para-hydroxylation sites is 1.